The molecule has 0 spiro atoms. The predicted molar refractivity (Wildman–Crippen MR) is 79.7 cm³/mol. The normalized spacial score (nSPS) is 18.4. The van der Waals surface area contributed by atoms with Crippen LogP contribution in [0.15, 0.2) is 24.9 Å². The van der Waals surface area contributed by atoms with E-state index < -0.39 is 0 Å². The molecule has 2 fully saturated rings. The van der Waals surface area contributed by atoms with Crippen LogP contribution >= 0.6 is 11.6 Å². The first-order valence-corrected chi connectivity index (χ1v) is 7.41. The highest BCUT2D eigenvalue weighted by molar-refractivity contribution is 6.31. The van der Waals surface area contributed by atoms with Crippen LogP contribution in [0.2, 0.25) is 5.02 Å². The van der Waals surface area contributed by atoms with Crippen molar-refractivity contribution in [3.8, 4) is 0 Å². The summed E-state index contributed by atoms with van der Waals surface area (Å²) >= 11 is 6.24. The summed E-state index contributed by atoms with van der Waals surface area (Å²) in [4.78, 5) is 6.80. The van der Waals surface area contributed by atoms with Gasteiger partial charge in [-0.3, -0.25) is 0 Å². The van der Waals surface area contributed by atoms with Crippen LogP contribution in [0.3, 0.4) is 0 Å². The molecule has 3 rings (SSSR count). The van der Waals surface area contributed by atoms with Crippen molar-refractivity contribution in [3.05, 3.63) is 35.5 Å². The van der Waals surface area contributed by atoms with Crippen molar-refractivity contribution >= 4 is 17.4 Å². The average Bonchev–Trinajstić information content (AvgIpc) is 3.28. The molecule has 0 radical (unpaired) electrons. The number of aromatic nitrogens is 1. The van der Waals surface area contributed by atoms with E-state index in [1.54, 1.807) is 6.20 Å². The first-order chi connectivity index (χ1) is 9.28. The van der Waals surface area contributed by atoms with Gasteiger partial charge in [-0.05, 0) is 37.3 Å². The Kier molecular flexibility index (Phi) is 3.76. The number of hydrogen-bond acceptors (Lipinski definition) is 3. The van der Waals surface area contributed by atoms with Gasteiger partial charge in [0.2, 0.25) is 0 Å². The topological polar surface area (TPSA) is 28.2 Å². The van der Waals surface area contributed by atoms with Crippen LogP contribution in [-0.4, -0.2) is 23.6 Å². The molecule has 1 aromatic heterocycles. The molecule has 0 unspecified atom stereocenters. The lowest BCUT2D eigenvalue weighted by atomic mass is 10.2. The van der Waals surface area contributed by atoms with Gasteiger partial charge in [-0.15, -0.1) is 6.58 Å². The summed E-state index contributed by atoms with van der Waals surface area (Å²) < 4.78 is 0. The molecule has 1 heterocycles. The quantitative estimate of drug-likeness (QED) is 0.776. The Morgan fingerprint density at radius 1 is 1.42 bits per heavy atom. The Hall–Kier alpha value is -1.06. The summed E-state index contributed by atoms with van der Waals surface area (Å²) in [5.74, 6) is 1.03. The number of halogens is 1. The average molecular weight is 278 g/mol. The highest BCUT2D eigenvalue weighted by Gasteiger charge is 2.29. The van der Waals surface area contributed by atoms with Crippen LogP contribution in [0.25, 0.3) is 0 Å². The van der Waals surface area contributed by atoms with E-state index >= 15 is 0 Å². The molecule has 102 valence electrons. The molecule has 0 bridgehead atoms. The fourth-order valence-electron chi connectivity index (χ4n) is 2.26. The zero-order valence-electron chi connectivity index (χ0n) is 11.1. The summed E-state index contributed by atoms with van der Waals surface area (Å²) in [7, 11) is 0. The predicted octanol–water partition coefficient (Wildman–Crippen LogP) is 3.14. The van der Waals surface area contributed by atoms with Crippen LogP contribution in [0.5, 0.6) is 0 Å². The Bertz CT molecular complexity index is 466. The molecule has 0 aromatic carbocycles. The standard InChI is InChI=1S/C15H20ClN3/c1-2-7-19(13-5-6-13)15-8-11(14(16)10-18-15)9-17-12-3-4-12/h2,8,10,12-13,17H,1,3-7,9H2. The van der Waals surface area contributed by atoms with E-state index in [2.05, 4.69) is 27.8 Å². The summed E-state index contributed by atoms with van der Waals surface area (Å²) in [5.41, 5.74) is 1.15. The molecule has 0 saturated heterocycles. The Labute approximate surface area is 119 Å². The number of pyridine rings is 1. The zero-order chi connectivity index (χ0) is 13.2. The summed E-state index contributed by atoms with van der Waals surface area (Å²) in [6.07, 6.45) is 8.82. The minimum atomic E-state index is 0.635. The fourth-order valence-corrected chi connectivity index (χ4v) is 2.43. The maximum Gasteiger partial charge on any atom is 0.129 e. The minimum absolute atomic E-state index is 0.635. The number of hydrogen-bond donors (Lipinski definition) is 1. The molecule has 1 aromatic rings. The third kappa shape index (κ3) is 3.28. The third-order valence-corrected chi connectivity index (χ3v) is 4.03. The first kappa shape index (κ1) is 12.9. The van der Waals surface area contributed by atoms with Gasteiger partial charge in [0.1, 0.15) is 5.82 Å². The van der Waals surface area contributed by atoms with Crippen LogP contribution in [0.1, 0.15) is 31.2 Å². The van der Waals surface area contributed by atoms with Crippen molar-refractivity contribution < 1.29 is 0 Å². The SMILES string of the molecule is C=CCN(c1cc(CNC2CC2)c(Cl)cn1)C1CC1. The Balaban J connectivity index is 1.75. The lowest BCUT2D eigenvalue weighted by Crippen LogP contribution is -2.27. The van der Waals surface area contributed by atoms with Crippen LogP contribution in [0.4, 0.5) is 5.82 Å². The molecule has 0 atom stereocenters. The second-order valence-corrected chi connectivity index (χ2v) is 5.87. The van der Waals surface area contributed by atoms with Gasteiger partial charge >= 0.3 is 0 Å². The van der Waals surface area contributed by atoms with E-state index in [0.717, 1.165) is 29.5 Å². The van der Waals surface area contributed by atoms with Crippen molar-refractivity contribution in [2.45, 2.75) is 44.3 Å². The summed E-state index contributed by atoms with van der Waals surface area (Å²) in [6, 6.07) is 3.45. The van der Waals surface area contributed by atoms with Crippen molar-refractivity contribution in [2.24, 2.45) is 0 Å². The highest BCUT2D eigenvalue weighted by atomic mass is 35.5. The van der Waals surface area contributed by atoms with E-state index in [-0.39, 0.29) is 0 Å². The summed E-state index contributed by atoms with van der Waals surface area (Å²) in [6.45, 7) is 5.53. The lowest BCUT2D eigenvalue weighted by molar-refractivity contribution is 0.686. The van der Waals surface area contributed by atoms with E-state index in [0.29, 0.717) is 12.1 Å². The first-order valence-electron chi connectivity index (χ1n) is 7.03. The van der Waals surface area contributed by atoms with Gasteiger partial charge in [-0.2, -0.15) is 0 Å². The molecule has 1 N–H and O–H groups in total. The van der Waals surface area contributed by atoms with Crippen molar-refractivity contribution in [2.75, 3.05) is 11.4 Å². The number of nitrogens with one attached hydrogen (secondary N) is 1. The smallest absolute Gasteiger partial charge is 0.129 e. The maximum absolute atomic E-state index is 6.24. The maximum atomic E-state index is 6.24. The molecule has 2 aliphatic carbocycles. The number of anilines is 1. The molecule has 2 saturated carbocycles. The monoisotopic (exact) mass is 277 g/mol. The van der Waals surface area contributed by atoms with Crippen LogP contribution in [0, 0.1) is 0 Å². The molecule has 0 amide bonds. The number of rotatable bonds is 7. The fraction of sp³-hybridized carbons (Fsp3) is 0.533. The van der Waals surface area contributed by atoms with E-state index in [1.165, 1.54) is 25.7 Å². The highest BCUT2D eigenvalue weighted by Crippen LogP contribution is 2.32. The van der Waals surface area contributed by atoms with Crippen molar-refractivity contribution in [3.63, 3.8) is 0 Å². The molecule has 4 heteroatoms. The van der Waals surface area contributed by atoms with Gasteiger partial charge in [0.05, 0.1) is 5.02 Å². The largest absolute Gasteiger partial charge is 0.350 e. The molecular weight excluding hydrogens is 258 g/mol. The minimum Gasteiger partial charge on any atom is -0.350 e. The van der Waals surface area contributed by atoms with Gasteiger partial charge in [0.25, 0.3) is 0 Å². The second-order valence-electron chi connectivity index (χ2n) is 5.46. The molecule has 19 heavy (non-hydrogen) atoms. The van der Waals surface area contributed by atoms with E-state index in [4.69, 9.17) is 11.6 Å². The summed E-state index contributed by atoms with van der Waals surface area (Å²) in [5, 5.41) is 4.26. The molecule has 0 aliphatic heterocycles. The molecule has 3 nitrogen and oxygen atoms in total. The second kappa shape index (κ2) is 5.51. The van der Waals surface area contributed by atoms with E-state index in [9.17, 15) is 0 Å². The Morgan fingerprint density at radius 2 is 2.21 bits per heavy atom. The molecule has 2 aliphatic rings. The van der Waals surface area contributed by atoms with Gasteiger partial charge in [-0.25, -0.2) is 4.98 Å². The Morgan fingerprint density at radius 3 is 2.84 bits per heavy atom. The lowest BCUT2D eigenvalue weighted by Gasteiger charge is -2.22. The van der Waals surface area contributed by atoms with Gasteiger partial charge in [0.15, 0.2) is 0 Å². The van der Waals surface area contributed by atoms with Crippen molar-refractivity contribution in [1.29, 1.82) is 0 Å². The van der Waals surface area contributed by atoms with Gasteiger partial charge in [0, 0.05) is 31.4 Å². The third-order valence-electron chi connectivity index (χ3n) is 3.69. The molecular formula is C15H20ClN3. The van der Waals surface area contributed by atoms with Gasteiger partial charge < -0.3 is 10.2 Å². The van der Waals surface area contributed by atoms with Crippen LogP contribution < -0.4 is 10.2 Å². The van der Waals surface area contributed by atoms with Crippen molar-refractivity contribution in [1.82, 2.24) is 10.3 Å². The van der Waals surface area contributed by atoms with Crippen LogP contribution in [-0.2, 0) is 6.54 Å². The van der Waals surface area contributed by atoms with Gasteiger partial charge in [-0.1, -0.05) is 17.7 Å². The van der Waals surface area contributed by atoms with E-state index in [1.807, 2.05) is 6.08 Å². The number of nitrogens with zero attached hydrogens (tertiary/aromatic N) is 2. The zero-order valence-corrected chi connectivity index (χ0v) is 11.9.